The highest BCUT2D eigenvalue weighted by atomic mass is 127. The fraction of sp³-hybridized carbons (Fsp3) is 0. The minimum absolute atomic E-state index is 0.373. The summed E-state index contributed by atoms with van der Waals surface area (Å²) in [6, 6.07) is 3.39. The van der Waals surface area contributed by atoms with Gasteiger partial charge in [-0.1, -0.05) is 0 Å². The first-order chi connectivity index (χ1) is 6.27. The smallest absolute Gasteiger partial charge is 0.167 e. The Hall–Kier alpha value is -0.980. The molecule has 0 atom stereocenters. The van der Waals surface area contributed by atoms with Crippen molar-refractivity contribution in [1.82, 2.24) is 14.8 Å². The third-order valence-electron chi connectivity index (χ3n) is 1.55. The number of halogens is 2. The molecule has 0 radical (unpaired) electrons. The van der Waals surface area contributed by atoms with Gasteiger partial charge in [0, 0.05) is 12.4 Å². The molecule has 2 aromatic heterocycles. The largest absolute Gasteiger partial charge is 0.262 e. The molecule has 0 saturated carbocycles. The van der Waals surface area contributed by atoms with Crippen LogP contribution in [0.4, 0.5) is 4.39 Å². The summed E-state index contributed by atoms with van der Waals surface area (Å²) in [6.07, 6.45) is 4.41. The Morgan fingerprint density at radius 3 is 2.85 bits per heavy atom. The van der Waals surface area contributed by atoms with Crippen molar-refractivity contribution in [3.8, 4) is 5.69 Å². The molecule has 2 heterocycles. The highest BCUT2D eigenvalue weighted by Crippen LogP contribution is 2.11. The Morgan fingerprint density at radius 1 is 1.38 bits per heavy atom. The molecule has 66 valence electrons. The standard InChI is InChI=1S/C8H5FIN3/c9-6-5-11-3-1-7(6)13-4-2-8(10)12-13/h1-5H. The van der Waals surface area contributed by atoms with E-state index in [1.165, 1.54) is 17.1 Å². The molecule has 0 aliphatic heterocycles. The zero-order valence-electron chi connectivity index (χ0n) is 6.48. The molecular formula is C8H5FIN3. The van der Waals surface area contributed by atoms with Crippen molar-refractivity contribution < 1.29 is 4.39 Å². The van der Waals surface area contributed by atoms with Gasteiger partial charge in [-0.3, -0.25) is 4.98 Å². The van der Waals surface area contributed by atoms with Crippen molar-refractivity contribution in [1.29, 1.82) is 0 Å². The monoisotopic (exact) mass is 289 g/mol. The van der Waals surface area contributed by atoms with Gasteiger partial charge in [0.05, 0.1) is 6.20 Å². The third-order valence-corrected chi connectivity index (χ3v) is 2.13. The molecule has 5 heteroatoms. The van der Waals surface area contributed by atoms with E-state index in [1.54, 1.807) is 18.3 Å². The molecule has 13 heavy (non-hydrogen) atoms. The molecule has 0 unspecified atom stereocenters. The molecule has 0 fully saturated rings. The third kappa shape index (κ3) is 1.69. The van der Waals surface area contributed by atoms with Crippen LogP contribution >= 0.6 is 22.6 Å². The number of pyridine rings is 1. The minimum Gasteiger partial charge on any atom is -0.262 e. The van der Waals surface area contributed by atoms with Crippen molar-refractivity contribution >= 4 is 22.6 Å². The summed E-state index contributed by atoms with van der Waals surface area (Å²) in [5.74, 6) is -0.373. The molecule has 2 rings (SSSR count). The molecule has 0 amide bonds. The van der Waals surface area contributed by atoms with Gasteiger partial charge in [-0.2, -0.15) is 5.10 Å². The lowest BCUT2D eigenvalue weighted by Crippen LogP contribution is -1.98. The zero-order chi connectivity index (χ0) is 9.26. The SMILES string of the molecule is Fc1cnccc1-n1ccc(I)n1. The molecule has 3 nitrogen and oxygen atoms in total. The number of hydrogen-bond acceptors (Lipinski definition) is 2. The Bertz CT molecular complexity index is 427. The van der Waals surface area contributed by atoms with Gasteiger partial charge in [-0.05, 0) is 34.7 Å². The lowest BCUT2D eigenvalue weighted by atomic mass is 10.4. The van der Waals surface area contributed by atoms with Gasteiger partial charge < -0.3 is 0 Å². The molecule has 0 aliphatic carbocycles. The molecule has 0 saturated heterocycles. The number of hydrogen-bond donors (Lipinski definition) is 0. The molecular weight excluding hydrogens is 284 g/mol. The lowest BCUT2D eigenvalue weighted by molar-refractivity contribution is 0.604. The van der Waals surface area contributed by atoms with Gasteiger partial charge in [0.25, 0.3) is 0 Å². The summed E-state index contributed by atoms with van der Waals surface area (Å²) in [7, 11) is 0. The van der Waals surface area contributed by atoms with E-state index in [1.807, 2.05) is 0 Å². The maximum absolute atomic E-state index is 13.2. The Kier molecular flexibility index (Phi) is 2.26. The molecule has 0 N–H and O–H groups in total. The van der Waals surface area contributed by atoms with Crippen LogP contribution < -0.4 is 0 Å². The fourth-order valence-electron chi connectivity index (χ4n) is 0.990. The van der Waals surface area contributed by atoms with Crippen molar-refractivity contribution in [2.24, 2.45) is 0 Å². The molecule has 0 aliphatic rings. The van der Waals surface area contributed by atoms with Crippen LogP contribution in [-0.4, -0.2) is 14.8 Å². The van der Waals surface area contributed by atoms with Gasteiger partial charge in [0.2, 0.25) is 0 Å². The summed E-state index contributed by atoms with van der Waals surface area (Å²) in [5.41, 5.74) is 0.415. The average Bonchev–Trinajstić information content (AvgIpc) is 2.53. The predicted octanol–water partition coefficient (Wildman–Crippen LogP) is 2.01. The van der Waals surface area contributed by atoms with E-state index >= 15 is 0 Å². The Morgan fingerprint density at radius 2 is 2.23 bits per heavy atom. The molecule has 0 bridgehead atoms. The van der Waals surface area contributed by atoms with Crippen molar-refractivity contribution in [2.45, 2.75) is 0 Å². The van der Waals surface area contributed by atoms with E-state index in [0.29, 0.717) is 5.69 Å². The predicted molar refractivity (Wildman–Crippen MR) is 54.0 cm³/mol. The first-order valence-electron chi connectivity index (χ1n) is 3.58. The average molecular weight is 289 g/mol. The zero-order valence-corrected chi connectivity index (χ0v) is 8.64. The second kappa shape index (κ2) is 3.41. The van der Waals surface area contributed by atoms with Crippen LogP contribution in [0.25, 0.3) is 5.69 Å². The second-order valence-electron chi connectivity index (χ2n) is 2.41. The molecule has 2 aromatic rings. The van der Waals surface area contributed by atoms with Crippen molar-refractivity contribution in [3.63, 3.8) is 0 Å². The van der Waals surface area contributed by atoms with E-state index in [-0.39, 0.29) is 5.82 Å². The summed E-state index contributed by atoms with van der Waals surface area (Å²) < 4.78 is 15.5. The maximum atomic E-state index is 13.2. The highest BCUT2D eigenvalue weighted by molar-refractivity contribution is 14.1. The first-order valence-corrected chi connectivity index (χ1v) is 4.66. The first kappa shape index (κ1) is 8.61. The number of aromatic nitrogens is 3. The topological polar surface area (TPSA) is 30.7 Å². The lowest BCUT2D eigenvalue weighted by Gasteiger charge is -2.00. The van der Waals surface area contributed by atoms with Gasteiger partial charge >= 0.3 is 0 Å². The van der Waals surface area contributed by atoms with E-state index in [0.717, 1.165) is 3.70 Å². The van der Waals surface area contributed by atoms with Gasteiger partial charge in [-0.25, -0.2) is 9.07 Å². The number of nitrogens with zero attached hydrogens (tertiary/aromatic N) is 3. The van der Waals surface area contributed by atoms with E-state index in [9.17, 15) is 4.39 Å². The molecule has 0 spiro atoms. The van der Waals surface area contributed by atoms with Crippen molar-refractivity contribution in [2.75, 3.05) is 0 Å². The Labute approximate surface area is 87.7 Å². The van der Waals surface area contributed by atoms with Gasteiger partial charge in [0.1, 0.15) is 9.39 Å². The van der Waals surface area contributed by atoms with Crippen molar-refractivity contribution in [3.05, 3.63) is 40.2 Å². The summed E-state index contributed by atoms with van der Waals surface area (Å²) in [6.45, 7) is 0. The second-order valence-corrected chi connectivity index (χ2v) is 3.52. The van der Waals surface area contributed by atoms with Crippen LogP contribution in [0.1, 0.15) is 0 Å². The summed E-state index contributed by atoms with van der Waals surface area (Å²) in [4.78, 5) is 3.66. The van der Waals surface area contributed by atoms with Crippen LogP contribution in [-0.2, 0) is 0 Å². The van der Waals surface area contributed by atoms with E-state index < -0.39 is 0 Å². The quantitative estimate of drug-likeness (QED) is 0.752. The van der Waals surface area contributed by atoms with Crippen LogP contribution in [0.15, 0.2) is 30.7 Å². The van der Waals surface area contributed by atoms with E-state index in [4.69, 9.17) is 0 Å². The minimum atomic E-state index is -0.373. The Balaban J connectivity index is 2.52. The fourth-order valence-corrected chi connectivity index (χ4v) is 1.38. The normalized spacial score (nSPS) is 10.3. The molecule has 0 aromatic carbocycles. The highest BCUT2D eigenvalue weighted by Gasteiger charge is 2.04. The maximum Gasteiger partial charge on any atom is 0.167 e. The van der Waals surface area contributed by atoms with Crippen LogP contribution in [0.2, 0.25) is 0 Å². The van der Waals surface area contributed by atoms with Crippen LogP contribution in [0.3, 0.4) is 0 Å². The van der Waals surface area contributed by atoms with Crippen LogP contribution in [0.5, 0.6) is 0 Å². The van der Waals surface area contributed by atoms with E-state index in [2.05, 4.69) is 32.7 Å². The van der Waals surface area contributed by atoms with Gasteiger partial charge in [-0.15, -0.1) is 0 Å². The summed E-state index contributed by atoms with van der Waals surface area (Å²) >= 11 is 2.07. The summed E-state index contributed by atoms with van der Waals surface area (Å²) in [5, 5.41) is 4.08. The van der Waals surface area contributed by atoms with Gasteiger partial charge in [0.15, 0.2) is 5.82 Å². The van der Waals surface area contributed by atoms with Crippen LogP contribution in [0, 0.1) is 9.52 Å². The number of rotatable bonds is 1.